The van der Waals surface area contributed by atoms with Gasteiger partial charge >= 0.3 is 30.6 Å². The highest BCUT2D eigenvalue weighted by molar-refractivity contribution is 7.13. The quantitative estimate of drug-likeness (QED) is 0.243. The Hall–Kier alpha value is -3.86. The molecule has 0 unspecified atom stereocenters. The van der Waals surface area contributed by atoms with Gasteiger partial charge in [-0.15, -0.1) is 11.3 Å². The molecule has 3 aromatic rings. The minimum Gasteiger partial charge on any atom is -0.477 e. The molecule has 0 saturated carbocycles. The molecular formula is C29H26F9N3O4S. The Balaban J connectivity index is 1.81. The molecule has 7 nitrogen and oxygen atoms in total. The van der Waals surface area contributed by atoms with Crippen LogP contribution in [0.3, 0.4) is 0 Å². The molecule has 2 heterocycles. The summed E-state index contributed by atoms with van der Waals surface area (Å²) in [5.74, 6) is -2.59. The van der Waals surface area contributed by atoms with Crippen LogP contribution in [0, 0.1) is 0 Å². The fourth-order valence-corrected chi connectivity index (χ4v) is 6.35. The highest BCUT2D eigenvalue weighted by atomic mass is 32.1. The van der Waals surface area contributed by atoms with Crippen LogP contribution in [-0.2, 0) is 36.1 Å². The first-order valence-electron chi connectivity index (χ1n) is 13.7. The smallest absolute Gasteiger partial charge is 0.416 e. The predicted molar refractivity (Wildman–Crippen MR) is 148 cm³/mol. The van der Waals surface area contributed by atoms with E-state index in [1.165, 1.54) is 6.92 Å². The average molecular weight is 684 g/mol. The Bertz CT molecular complexity index is 1600. The number of aryl methyl sites for hydroxylation is 2. The van der Waals surface area contributed by atoms with Crippen molar-refractivity contribution in [1.29, 1.82) is 0 Å². The lowest BCUT2D eigenvalue weighted by Gasteiger charge is -2.46. The number of fused-ring (bicyclic) bond motifs is 1. The lowest BCUT2D eigenvalue weighted by Crippen LogP contribution is -2.61. The molecule has 1 aliphatic heterocycles. The Kier molecular flexibility index (Phi) is 9.43. The molecule has 17 heteroatoms. The molecule has 0 bridgehead atoms. The number of nitrogens with zero attached hydrogens (tertiary/aromatic N) is 2. The molecule has 0 spiro atoms. The van der Waals surface area contributed by atoms with Gasteiger partial charge in [0.05, 0.1) is 34.7 Å². The summed E-state index contributed by atoms with van der Waals surface area (Å²) in [5.41, 5.74) is 0.283. The van der Waals surface area contributed by atoms with Crippen LogP contribution in [0.2, 0.25) is 0 Å². The van der Waals surface area contributed by atoms with Crippen molar-refractivity contribution in [2.45, 2.75) is 69.6 Å². The lowest BCUT2D eigenvalue weighted by molar-refractivity contribution is -0.143. The molecule has 0 fully saturated rings. The number of ether oxygens (including phenoxy) is 1. The van der Waals surface area contributed by atoms with Crippen molar-refractivity contribution >= 4 is 29.1 Å². The van der Waals surface area contributed by atoms with Crippen LogP contribution in [0.15, 0.2) is 36.4 Å². The van der Waals surface area contributed by atoms with Crippen molar-refractivity contribution < 1.29 is 58.9 Å². The molecule has 1 aromatic heterocycles. The van der Waals surface area contributed by atoms with Crippen molar-refractivity contribution in [2.24, 2.45) is 5.73 Å². The van der Waals surface area contributed by atoms with E-state index in [-0.39, 0.29) is 53.0 Å². The van der Waals surface area contributed by atoms with E-state index in [2.05, 4.69) is 4.98 Å². The number of halogens is 9. The standard InChI is InChI=1S/C29H26F9N3O4S/c1-3-26(39)13-19(18-12-15(27(30,31)32)6-8-21(18)41(26)25(44)45-4-2)23-40-20(22(46-23)24(42)43)7-5-14-9-16(28(33,34)35)11-17(10-14)29(36,37)38/h6,8-12,19H,3-5,7,13,39H2,1-2H3,(H,42,43)/t19-,26+/m0/s1. The van der Waals surface area contributed by atoms with Crippen LogP contribution in [0.5, 0.6) is 0 Å². The average Bonchev–Trinajstić information content (AvgIpc) is 3.38. The van der Waals surface area contributed by atoms with Gasteiger partial charge in [-0.05, 0) is 80.1 Å². The fraction of sp³-hybridized carbons (Fsp3) is 0.414. The van der Waals surface area contributed by atoms with Crippen molar-refractivity contribution in [3.05, 3.63) is 79.8 Å². The maximum Gasteiger partial charge on any atom is 0.416 e. The number of alkyl halides is 9. The summed E-state index contributed by atoms with van der Waals surface area (Å²) >= 11 is 0.590. The van der Waals surface area contributed by atoms with Crippen LogP contribution in [0.1, 0.15) is 80.8 Å². The molecule has 0 aliphatic carbocycles. The molecule has 1 aliphatic rings. The highest BCUT2D eigenvalue weighted by Gasteiger charge is 2.47. The summed E-state index contributed by atoms with van der Waals surface area (Å²) in [4.78, 5) is 30.1. The Labute approximate surface area is 259 Å². The number of amides is 1. The van der Waals surface area contributed by atoms with E-state index in [4.69, 9.17) is 10.5 Å². The third-order valence-electron chi connectivity index (χ3n) is 7.54. The molecule has 250 valence electrons. The van der Waals surface area contributed by atoms with Crippen LogP contribution < -0.4 is 10.6 Å². The highest BCUT2D eigenvalue weighted by Crippen LogP contribution is 2.49. The summed E-state index contributed by atoms with van der Waals surface area (Å²) in [6, 6.07) is 3.61. The second kappa shape index (κ2) is 12.4. The van der Waals surface area contributed by atoms with Gasteiger partial charge in [0, 0.05) is 5.92 Å². The topological polar surface area (TPSA) is 106 Å². The minimum absolute atomic E-state index is 0.0141. The number of rotatable bonds is 7. The maximum atomic E-state index is 13.8. The van der Waals surface area contributed by atoms with Crippen LogP contribution >= 0.6 is 11.3 Å². The number of carbonyl (C=O) groups excluding carboxylic acids is 1. The van der Waals surface area contributed by atoms with E-state index in [0.29, 0.717) is 23.5 Å². The summed E-state index contributed by atoms with van der Waals surface area (Å²) in [7, 11) is 0. The first kappa shape index (κ1) is 35.0. The predicted octanol–water partition coefficient (Wildman–Crippen LogP) is 8.25. The van der Waals surface area contributed by atoms with E-state index in [1.54, 1.807) is 6.92 Å². The fourth-order valence-electron chi connectivity index (χ4n) is 5.28. The largest absolute Gasteiger partial charge is 0.477 e. The second-order valence-electron chi connectivity index (χ2n) is 10.6. The van der Waals surface area contributed by atoms with Gasteiger partial charge in [-0.3, -0.25) is 4.90 Å². The number of thiazole rings is 1. The summed E-state index contributed by atoms with van der Waals surface area (Å²) in [5, 5.41) is 9.86. The minimum atomic E-state index is -5.09. The number of anilines is 1. The zero-order valence-electron chi connectivity index (χ0n) is 24.0. The number of carbonyl (C=O) groups is 2. The third kappa shape index (κ3) is 7.09. The van der Waals surface area contributed by atoms with Gasteiger partial charge in [0.15, 0.2) is 0 Å². The number of hydrogen-bond donors (Lipinski definition) is 2. The van der Waals surface area contributed by atoms with Crippen molar-refractivity contribution in [1.82, 2.24) is 4.98 Å². The second-order valence-corrected chi connectivity index (χ2v) is 11.6. The Morgan fingerprint density at radius 2 is 1.54 bits per heavy atom. The monoisotopic (exact) mass is 683 g/mol. The van der Waals surface area contributed by atoms with Gasteiger partial charge in [-0.25, -0.2) is 14.6 Å². The number of carboxylic acid groups (broad SMARTS) is 1. The molecule has 3 N–H and O–H groups in total. The van der Waals surface area contributed by atoms with E-state index < -0.39 is 76.6 Å². The summed E-state index contributed by atoms with van der Waals surface area (Å²) in [6.45, 7) is 3.08. The van der Waals surface area contributed by atoms with E-state index in [1.807, 2.05) is 0 Å². The molecule has 46 heavy (non-hydrogen) atoms. The molecule has 2 atom stereocenters. The van der Waals surface area contributed by atoms with Gasteiger partial charge < -0.3 is 15.6 Å². The number of aromatic carboxylic acids is 1. The normalized spacial score (nSPS) is 18.8. The number of aromatic nitrogens is 1. The van der Waals surface area contributed by atoms with Crippen molar-refractivity contribution in [3.63, 3.8) is 0 Å². The number of carboxylic acids is 1. The SMILES string of the molecule is CCOC(=O)N1c2ccc(C(F)(F)F)cc2[C@@H](c2nc(CCc3cc(C(F)(F)F)cc(C(F)(F)F)c3)c(C(=O)O)s2)C[C@@]1(N)CC. The number of hydrogen-bond acceptors (Lipinski definition) is 6. The van der Waals surface area contributed by atoms with E-state index in [9.17, 15) is 54.2 Å². The third-order valence-corrected chi connectivity index (χ3v) is 8.74. The van der Waals surface area contributed by atoms with Crippen LogP contribution in [0.4, 0.5) is 50.0 Å². The first-order valence-corrected chi connectivity index (χ1v) is 14.5. The van der Waals surface area contributed by atoms with Gasteiger partial charge in [-0.2, -0.15) is 39.5 Å². The summed E-state index contributed by atoms with van der Waals surface area (Å²) in [6.07, 6.45) is -16.9. The van der Waals surface area contributed by atoms with E-state index >= 15 is 0 Å². The Morgan fingerprint density at radius 1 is 0.957 bits per heavy atom. The van der Waals surface area contributed by atoms with Gasteiger partial charge in [0.2, 0.25) is 0 Å². The van der Waals surface area contributed by atoms with Crippen molar-refractivity contribution in [3.8, 4) is 0 Å². The summed E-state index contributed by atoms with van der Waals surface area (Å²) < 4.78 is 126. The van der Waals surface area contributed by atoms with Gasteiger partial charge in [0.25, 0.3) is 0 Å². The van der Waals surface area contributed by atoms with Crippen LogP contribution in [-0.4, -0.2) is 34.4 Å². The molecule has 0 radical (unpaired) electrons. The molecular weight excluding hydrogens is 657 g/mol. The molecule has 4 rings (SSSR count). The number of nitrogens with two attached hydrogens (primary N) is 1. The van der Waals surface area contributed by atoms with Crippen molar-refractivity contribution in [2.75, 3.05) is 11.5 Å². The van der Waals surface area contributed by atoms with Gasteiger partial charge in [0.1, 0.15) is 15.5 Å². The first-order chi connectivity index (χ1) is 21.2. The molecule has 1 amide bonds. The lowest BCUT2D eigenvalue weighted by atomic mass is 9.80. The zero-order valence-corrected chi connectivity index (χ0v) is 24.8. The van der Waals surface area contributed by atoms with Gasteiger partial charge in [-0.1, -0.05) is 6.92 Å². The van der Waals surface area contributed by atoms with Crippen LogP contribution in [0.25, 0.3) is 0 Å². The Morgan fingerprint density at radius 3 is 2.04 bits per heavy atom. The maximum absolute atomic E-state index is 13.8. The molecule has 2 aromatic carbocycles. The zero-order chi connectivity index (χ0) is 34.4. The molecule has 0 saturated heterocycles. The van der Waals surface area contributed by atoms with E-state index in [0.717, 1.165) is 23.1 Å². The number of benzene rings is 2.